The summed E-state index contributed by atoms with van der Waals surface area (Å²) in [5, 5.41) is 0. The van der Waals surface area contributed by atoms with Crippen molar-refractivity contribution in [2.75, 3.05) is 7.11 Å². The number of methoxy groups -OCH3 is 1. The molecule has 0 saturated heterocycles. The van der Waals surface area contributed by atoms with Crippen LogP contribution in [0.15, 0.2) is 56.7 Å². The van der Waals surface area contributed by atoms with E-state index >= 15 is 0 Å². The van der Waals surface area contributed by atoms with Crippen LogP contribution in [-0.2, 0) is 6.42 Å². The van der Waals surface area contributed by atoms with Gasteiger partial charge in [-0.05, 0) is 61.4 Å². The second-order valence-corrected chi connectivity index (χ2v) is 6.74. The molecule has 20 heavy (non-hydrogen) atoms. The molecule has 0 fully saturated rings. The zero-order valence-electron chi connectivity index (χ0n) is 11.6. The lowest BCUT2D eigenvalue weighted by Gasteiger charge is -2.12. The van der Waals surface area contributed by atoms with Gasteiger partial charge in [-0.3, -0.25) is 0 Å². The van der Waals surface area contributed by atoms with E-state index in [2.05, 4.69) is 46.3 Å². The zero-order valence-corrected chi connectivity index (χ0v) is 14.0. The summed E-state index contributed by atoms with van der Waals surface area (Å²) in [6.45, 7) is 2.03. The maximum atomic E-state index is 5.93. The highest BCUT2D eigenvalue weighted by atomic mass is 79.9. The molecule has 4 heteroatoms. The molecule has 2 aromatic rings. The molecule has 2 nitrogen and oxygen atoms in total. The molecule has 2 rings (SSSR count). The average molecular weight is 352 g/mol. The van der Waals surface area contributed by atoms with Crippen molar-refractivity contribution >= 4 is 27.7 Å². The van der Waals surface area contributed by atoms with Crippen LogP contribution >= 0.6 is 27.7 Å². The fourth-order valence-corrected chi connectivity index (χ4v) is 3.27. The van der Waals surface area contributed by atoms with Crippen molar-refractivity contribution < 1.29 is 4.74 Å². The highest BCUT2D eigenvalue weighted by Gasteiger charge is 2.08. The predicted molar refractivity (Wildman–Crippen MR) is 88.6 cm³/mol. The first-order chi connectivity index (χ1) is 9.58. The van der Waals surface area contributed by atoms with Crippen molar-refractivity contribution in [2.45, 2.75) is 29.2 Å². The Hall–Kier alpha value is -0.970. The minimum Gasteiger partial charge on any atom is -0.497 e. The quantitative estimate of drug-likeness (QED) is 0.861. The second-order valence-electron chi connectivity index (χ2n) is 4.71. The molecule has 0 aliphatic carbocycles. The molecular formula is C16H18BrNOS. The molecular weight excluding hydrogens is 334 g/mol. The van der Waals surface area contributed by atoms with E-state index in [1.807, 2.05) is 19.1 Å². The third kappa shape index (κ3) is 4.27. The van der Waals surface area contributed by atoms with Gasteiger partial charge in [-0.25, -0.2) is 0 Å². The monoisotopic (exact) mass is 351 g/mol. The summed E-state index contributed by atoms with van der Waals surface area (Å²) in [4.78, 5) is 2.44. The molecule has 0 saturated carbocycles. The van der Waals surface area contributed by atoms with Crippen LogP contribution < -0.4 is 10.5 Å². The highest BCUT2D eigenvalue weighted by Crippen LogP contribution is 2.33. The minimum absolute atomic E-state index is 0.152. The molecule has 2 aromatic carbocycles. The molecule has 2 N–H and O–H groups in total. The summed E-state index contributed by atoms with van der Waals surface area (Å²) >= 11 is 5.28. The number of benzene rings is 2. The third-order valence-electron chi connectivity index (χ3n) is 2.85. The molecule has 0 bridgehead atoms. The molecule has 0 spiro atoms. The van der Waals surface area contributed by atoms with E-state index in [1.54, 1.807) is 18.9 Å². The minimum atomic E-state index is 0.152. The number of hydrogen-bond donors (Lipinski definition) is 1. The van der Waals surface area contributed by atoms with E-state index in [1.165, 1.54) is 15.4 Å². The van der Waals surface area contributed by atoms with Gasteiger partial charge in [0.05, 0.1) is 7.11 Å². The van der Waals surface area contributed by atoms with Crippen LogP contribution in [0.5, 0.6) is 5.75 Å². The lowest BCUT2D eigenvalue weighted by atomic mass is 10.1. The summed E-state index contributed by atoms with van der Waals surface area (Å²) in [7, 11) is 1.68. The summed E-state index contributed by atoms with van der Waals surface area (Å²) in [6.07, 6.45) is 0.873. The molecule has 0 heterocycles. The lowest BCUT2D eigenvalue weighted by Crippen LogP contribution is -2.18. The first kappa shape index (κ1) is 15.4. The molecule has 0 radical (unpaired) electrons. The Morgan fingerprint density at radius 3 is 2.50 bits per heavy atom. The van der Waals surface area contributed by atoms with Crippen molar-refractivity contribution in [2.24, 2.45) is 5.73 Å². The SMILES string of the molecule is COc1ccc(Sc2ccc(Br)cc2CC(C)N)cc1. The number of nitrogens with two attached hydrogens (primary N) is 1. The van der Waals surface area contributed by atoms with Crippen molar-refractivity contribution in [3.63, 3.8) is 0 Å². The van der Waals surface area contributed by atoms with E-state index in [4.69, 9.17) is 10.5 Å². The maximum absolute atomic E-state index is 5.93. The molecule has 1 atom stereocenters. The Kier molecular flexibility index (Phi) is 5.52. The molecule has 0 aliphatic heterocycles. The van der Waals surface area contributed by atoms with Crippen LogP contribution in [0.25, 0.3) is 0 Å². The van der Waals surface area contributed by atoms with Crippen molar-refractivity contribution in [1.29, 1.82) is 0 Å². The number of ether oxygens (including phenoxy) is 1. The standard InChI is InChI=1S/C16H18BrNOS/c1-11(18)9-12-10-13(17)3-8-16(12)20-15-6-4-14(19-2)5-7-15/h3-8,10-11H,9,18H2,1-2H3. The normalized spacial score (nSPS) is 12.2. The van der Waals surface area contributed by atoms with Crippen molar-refractivity contribution in [3.05, 3.63) is 52.5 Å². The summed E-state index contributed by atoms with van der Waals surface area (Å²) in [5.74, 6) is 0.876. The summed E-state index contributed by atoms with van der Waals surface area (Å²) < 4.78 is 6.27. The Morgan fingerprint density at radius 1 is 1.20 bits per heavy atom. The van der Waals surface area contributed by atoms with Gasteiger partial charge in [-0.2, -0.15) is 0 Å². The fraction of sp³-hybridized carbons (Fsp3) is 0.250. The lowest BCUT2D eigenvalue weighted by molar-refractivity contribution is 0.414. The van der Waals surface area contributed by atoms with Gasteiger partial charge in [0.15, 0.2) is 0 Å². The largest absolute Gasteiger partial charge is 0.497 e. The zero-order chi connectivity index (χ0) is 14.5. The molecule has 0 aliphatic rings. The number of rotatable bonds is 5. The van der Waals surface area contributed by atoms with Crippen LogP contribution in [0.1, 0.15) is 12.5 Å². The van der Waals surface area contributed by atoms with Crippen molar-refractivity contribution in [1.82, 2.24) is 0 Å². The van der Waals surface area contributed by atoms with E-state index in [-0.39, 0.29) is 6.04 Å². The van der Waals surface area contributed by atoms with Gasteiger partial charge < -0.3 is 10.5 Å². The first-order valence-corrected chi connectivity index (χ1v) is 8.05. The van der Waals surface area contributed by atoms with Crippen LogP contribution in [0.2, 0.25) is 0 Å². The topological polar surface area (TPSA) is 35.2 Å². The van der Waals surface area contributed by atoms with E-state index in [0.29, 0.717) is 0 Å². The molecule has 106 valence electrons. The Bertz CT molecular complexity index is 569. The molecule has 1 unspecified atom stereocenters. The van der Waals surface area contributed by atoms with Crippen LogP contribution in [0.3, 0.4) is 0 Å². The summed E-state index contributed by atoms with van der Waals surface area (Å²) in [6, 6.07) is 14.6. The molecule has 0 aromatic heterocycles. The van der Waals surface area contributed by atoms with E-state index in [0.717, 1.165) is 16.6 Å². The second kappa shape index (κ2) is 7.16. The van der Waals surface area contributed by atoms with Gasteiger partial charge >= 0.3 is 0 Å². The predicted octanol–water partition coefficient (Wildman–Crippen LogP) is 4.50. The Labute approximate surface area is 132 Å². The first-order valence-electron chi connectivity index (χ1n) is 6.44. The fourth-order valence-electron chi connectivity index (χ4n) is 1.92. The number of halogens is 1. The van der Waals surface area contributed by atoms with Gasteiger partial charge in [0.1, 0.15) is 5.75 Å². The Morgan fingerprint density at radius 2 is 1.90 bits per heavy atom. The highest BCUT2D eigenvalue weighted by molar-refractivity contribution is 9.10. The van der Waals surface area contributed by atoms with Crippen LogP contribution in [-0.4, -0.2) is 13.2 Å². The maximum Gasteiger partial charge on any atom is 0.118 e. The Balaban J connectivity index is 2.22. The van der Waals surface area contributed by atoms with Crippen LogP contribution in [0, 0.1) is 0 Å². The number of hydrogen-bond acceptors (Lipinski definition) is 3. The smallest absolute Gasteiger partial charge is 0.118 e. The van der Waals surface area contributed by atoms with Gasteiger partial charge in [0, 0.05) is 20.3 Å². The van der Waals surface area contributed by atoms with Gasteiger partial charge in [-0.15, -0.1) is 0 Å². The van der Waals surface area contributed by atoms with E-state index in [9.17, 15) is 0 Å². The van der Waals surface area contributed by atoms with Crippen LogP contribution in [0.4, 0.5) is 0 Å². The van der Waals surface area contributed by atoms with Crippen molar-refractivity contribution in [3.8, 4) is 5.75 Å². The average Bonchev–Trinajstić information content (AvgIpc) is 2.42. The van der Waals surface area contributed by atoms with Gasteiger partial charge in [-0.1, -0.05) is 27.7 Å². The molecule has 0 amide bonds. The van der Waals surface area contributed by atoms with Gasteiger partial charge in [0.2, 0.25) is 0 Å². The van der Waals surface area contributed by atoms with Gasteiger partial charge in [0.25, 0.3) is 0 Å². The third-order valence-corrected chi connectivity index (χ3v) is 4.47. The van der Waals surface area contributed by atoms with E-state index < -0.39 is 0 Å². The summed E-state index contributed by atoms with van der Waals surface area (Å²) in [5.41, 5.74) is 7.21.